The van der Waals surface area contributed by atoms with Crippen LogP contribution in [0, 0.1) is 0 Å². The Balaban J connectivity index is 2.06. The summed E-state index contributed by atoms with van der Waals surface area (Å²) in [4.78, 5) is 0. The summed E-state index contributed by atoms with van der Waals surface area (Å²) in [6.07, 6.45) is -8.93. The molecule has 0 aliphatic rings. The number of halogens is 6. The molecule has 0 bridgehead atoms. The molecule has 0 amide bonds. The second kappa shape index (κ2) is 8.07. The van der Waals surface area contributed by atoms with Gasteiger partial charge < -0.3 is 4.74 Å². The lowest BCUT2D eigenvalue weighted by atomic mass is 10.2. The zero-order valence-electron chi connectivity index (χ0n) is 15.1. The van der Waals surface area contributed by atoms with Gasteiger partial charge in [0.2, 0.25) is 0 Å². The van der Waals surface area contributed by atoms with E-state index >= 15 is 0 Å². The molecule has 0 N–H and O–H groups in total. The fourth-order valence-electron chi connectivity index (χ4n) is 2.78. The van der Waals surface area contributed by atoms with Crippen LogP contribution in [-0.4, -0.2) is 7.11 Å². The molecule has 0 fully saturated rings. The van der Waals surface area contributed by atoms with Gasteiger partial charge in [0.1, 0.15) is 5.75 Å². The topological polar surface area (TPSA) is 9.23 Å². The lowest BCUT2D eigenvalue weighted by Crippen LogP contribution is -2.21. The summed E-state index contributed by atoms with van der Waals surface area (Å²) in [5.74, 6) is 0.600. The highest BCUT2D eigenvalue weighted by molar-refractivity contribution is 7.79. The molecule has 0 aliphatic heterocycles. The van der Waals surface area contributed by atoms with Gasteiger partial charge in [-0.3, -0.25) is 0 Å². The van der Waals surface area contributed by atoms with Gasteiger partial charge in [0.15, 0.2) is 0 Å². The van der Waals surface area contributed by atoms with Crippen LogP contribution in [0.2, 0.25) is 0 Å². The van der Waals surface area contributed by atoms with E-state index in [-0.39, 0.29) is 0 Å². The highest BCUT2D eigenvalue weighted by atomic mass is 31.1. The summed E-state index contributed by atoms with van der Waals surface area (Å²) in [6.45, 7) is 0. The van der Waals surface area contributed by atoms with Gasteiger partial charge in [-0.1, -0.05) is 36.4 Å². The predicted molar refractivity (Wildman–Crippen MR) is 102 cm³/mol. The monoisotopic (exact) mass is 428 g/mol. The number of methoxy groups -OCH3 is 1. The molecule has 152 valence electrons. The van der Waals surface area contributed by atoms with E-state index in [1.54, 1.807) is 24.3 Å². The zero-order chi connectivity index (χ0) is 21.2. The van der Waals surface area contributed by atoms with E-state index in [1.165, 1.54) is 31.4 Å². The van der Waals surface area contributed by atoms with E-state index in [2.05, 4.69) is 0 Å². The third-order valence-corrected chi connectivity index (χ3v) is 6.68. The third kappa shape index (κ3) is 4.91. The van der Waals surface area contributed by atoms with Crippen LogP contribution in [0.4, 0.5) is 26.3 Å². The summed E-state index contributed by atoms with van der Waals surface area (Å²) in [5, 5.41) is 1.97. The van der Waals surface area contributed by atoms with Gasteiger partial charge in [0, 0.05) is 0 Å². The molecule has 0 saturated heterocycles. The third-order valence-electron chi connectivity index (χ3n) is 4.24. The molecule has 8 heteroatoms. The van der Waals surface area contributed by atoms with Gasteiger partial charge in [0.25, 0.3) is 0 Å². The molecule has 29 heavy (non-hydrogen) atoms. The molecule has 1 nitrogen and oxygen atoms in total. The van der Waals surface area contributed by atoms with Crippen LogP contribution in [0.1, 0.15) is 11.1 Å². The first-order chi connectivity index (χ1) is 13.6. The number of benzene rings is 3. The number of alkyl halides is 6. The Bertz CT molecular complexity index is 887. The Morgan fingerprint density at radius 2 is 0.862 bits per heavy atom. The minimum absolute atomic E-state index is 0.595. The van der Waals surface area contributed by atoms with Crippen LogP contribution in [0.5, 0.6) is 5.75 Å². The van der Waals surface area contributed by atoms with Crippen LogP contribution in [0.15, 0.2) is 72.8 Å². The van der Waals surface area contributed by atoms with Gasteiger partial charge in [0.05, 0.1) is 18.2 Å². The van der Waals surface area contributed by atoms with Gasteiger partial charge in [-0.25, -0.2) is 0 Å². The molecule has 0 atom stereocenters. The molecule has 3 aromatic carbocycles. The average Bonchev–Trinajstić information content (AvgIpc) is 2.68. The van der Waals surface area contributed by atoms with E-state index in [0.717, 1.165) is 29.6 Å². The van der Waals surface area contributed by atoms with Crippen molar-refractivity contribution < 1.29 is 31.1 Å². The second-order valence-corrected chi connectivity index (χ2v) is 8.34. The van der Waals surface area contributed by atoms with Crippen molar-refractivity contribution >= 4 is 23.8 Å². The van der Waals surface area contributed by atoms with Crippen LogP contribution in [0.25, 0.3) is 0 Å². The summed E-state index contributed by atoms with van der Waals surface area (Å²) in [6, 6.07) is 16.4. The number of hydrogen-bond acceptors (Lipinski definition) is 1. The van der Waals surface area contributed by atoms with Crippen LogP contribution in [-0.2, 0) is 12.4 Å². The summed E-state index contributed by atoms with van der Waals surface area (Å²) in [5.41, 5.74) is -1.56. The first kappa shape index (κ1) is 21.2. The smallest absolute Gasteiger partial charge is 0.416 e. The maximum atomic E-state index is 12.9. The standard InChI is InChI=1S/C21H15F6OP/c1-28-16-6-12-19(13-7-16)29(17-8-2-14(3-9-17)20(22,23)24)18-10-4-15(5-11-18)21(25,26)27/h2-13H,1H3. The van der Waals surface area contributed by atoms with Crippen molar-refractivity contribution in [2.75, 3.05) is 7.11 Å². The van der Waals surface area contributed by atoms with Crippen molar-refractivity contribution in [3.63, 3.8) is 0 Å². The Morgan fingerprint density at radius 3 is 1.14 bits per heavy atom. The molecular formula is C21H15F6OP. The molecule has 0 unspecified atom stereocenters. The minimum atomic E-state index is -4.46. The first-order valence-electron chi connectivity index (χ1n) is 8.38. The van der Waals surface area contributed by atoms with Crippen LogP contribution < -0.4 is 20.7 Å². The van der Waals surface area contributed by atoms with Crippen molar-refractivity contribution in [2.24, 2.45) is 0 Å². The van der Waals surface area contributed by atoms with Crippen molar-refractivity contribution in [2.45, 2.75) is 12.4 Å². The summed E-state index contributed by atoms with van der Waals surface area (Å²) in [7, 11) is 0.153. The Kier molecular flexibility index (Phi) is 5.90. The van der Waals surface area contributed by atoms with E-state index in [0.29, 0.717) is 16.4 Å². The molecule has 0 radical (unpaired) electrons. The predicted octanol–water partition coefficient (Wildman–Crippen LogP) is 5.49. The second-order valence-electron chi connectivity index (χ2n) is 6.12. The number of hydrogen-bond donors (Lipinski definition) is 0. The minimum Gasteiger partial charge on any atom is -0.497 e. The average molecular weight is 428 g/mol. The van der Waals surface area contributed by atoms with Crippen LogP contribution in [0.3, 0.4) is 0 Å². The van der Waals surface area contributed by atoms with Crippen molar-refractivity contribution in [1.82, 2.24) is 0 Å². The molecule has 0 aromatic heterocycles. The molecular weight excluding hydrogens is 413 g/mol. The lowest BCUT2D eigenvalue weighted by Gasteiger charge is -2.21. The van der Waals surface area contributed by atoms with Gasteiger partial charge in [-0.05, 0) is 60.2 Å². The Morgan fingerprint density at radius 1 is 0.552 bits per heavy atom. The van der Waals surface area contributed by atoms with Gasteiger partial charge >= 0.3 is 12.4 Å². The summed E-state index contributed by atoms with van der Waals surface area (Å²) >= 11 is 0. The Hall–Kier alpha value is -2.53. The zero-order valence-corrected chi connectivity index (χ0v) is 15.9. The van der Waals surface area contributed by atoms with Crippen molar-refractivity contribution in [3.05, 3.63) is 83.9 Å². The lowest BCUT2D eigenvalue weighted by molar-refractivity contribution is -0.138. The largest absolute Gasteiger partial charge is 0.497 e. The number of ether oxygens (including phenoxy) is 1. The molecule has 0 saturated carbocycles. The maximum absolute atomic E-state index is 12.9. The summed E-state index contributed by atoms with van der Waals surface area (Å²) < 4.78 is 82.5. The van der Waals surface area contributed by atoms with E-state index in [1.807, 2.05) is 0 Å². The van der Waals surface area contributed by atoms with Gasteiger partial charge in [-0.15, -0.1) is 0 Å². The highest BCUT2D eigenvalue weighted by Gasteiger charge is 2.32. The molecule has 3 rings (SSSR count). The molecule has 0 aliphatic carbocycles. The fourth-order valence-corrected chi connectivity index (χ4v) is 5.01. The van der Waals surface area contributed by atoms with E-state index in [9.17, 15) is 26.3 Å². The maximum Gasteiger partial charge on any atom is 0.416 e. The van der Waals surface area contributed by atoms with E-state index < -0.39 is 31.4 Å². The fraction of sp³-hybridized carbons (Fsp3) is 0.143. The van der Waals surface area contributed by atoms with Gasteiger partial charge in [-0.2, -0.15) is 26.3 Å². The quantitative estimate of drug-likeness (QED) is 0.395. The highest BCUT2D eigenvalue weighted by Crippen LogP contribution is 2.36. The first-order valence-corrected chi connectivity index (χ1v) is 9.72. The van der Waals surface area contributed by atoms with E-state index in [4.69, 9.17) is 4.74 Å². The van der Waals surface area contributed by atoms with Crippen LogP contribution >= 0.6 is 7.92 Å². The molecule has 3 aromatic rings. The molecule has 0 spiro atoms. The van der Waals surface area contributed by atoms with Crippen molar-refractivity contribution in [1.29, 1.82) is 0 Å². The normalized spacial score (nSPS) is 12.3. The SMILES string of the molecule is COc1ccc(P(c2ccc(C(F)(F)F)cc2)c2ccc(C(F)(F)F)cc2)cc1. The molecule has 0 heterocycles. The van der Waals surface area contributed by atoms with Crippen molar-refractivity contribution in [3.8, 4) is 5.75 Å². The number of rotatable bonds is 4. The Labute approximate surface area is 164 Å².